The van der Waals surface area contributed by atoms with E-state index in [4.69, 9.17) is 4.74 Å². The van der Waals surface area contributed by atoms with E-state index in [1.807, 2.05) is 24.3 Å². The van der Waals surface area contributed by atoms with Crippen LogP contribution in [0.1, 0.15) is 67.9 Å². The second-order valence-electron chi connectivity index (χ2n) is 9.15. The van der Waals surface area contributed by atoms with Gasteiger partial charge in [-0.1, -0.05) is 24.3 Å². The Morgan fingerprint density at radius 3 is 2.45 bits per heavy atom. The molecule has 0 radical (unpaired) electrons. The van der Waals surface area contributed by atoms with Crippen molar-refractivity contribution in [3.63, 3.8) is 0 Å². The lowest BCUT2D eigenvalue weighted by Crippen LogP contribution is -2.40. The van der Waals surface area contributed by atoms with Crippen molar-refractivity contribution in [3.05, 3.63) is 59.2 Å². The predicted octanol–water partition coefficient (Wildman–Crippen LogP) is 4.32. The number of rotatable bonds is 7. The molecule has 7 heteroatoms. The molecule has 3 rings (SSSR count). The zero-order valence-corrected chi connectivity index (χ0v) is 19.5. The molecule has 1 aliphatic carbocycles. The highest BCUT2D eigenvalue weighted by Crippen LogP contribution is 2.27. The van der Waals surface area contributed by atoms with E-state index in [-0.39, 0.29) is 16.9 Å². The van der Waals surface area contributed by atoms with Crippen LogP contribution >= 0.6 is 0 Å². The molecule has 0 aromatic heterocycles. The molecule has 2 N–H and O–H groups in total. The molecule has 0 aliphatic heterocycles. The van der Waals surface area contributed by atoms with Crippen molar-refractivity contribution in [1.29, 1.82) is 0 Å². The van der Waals surface area contributed by atoms with Crippen LogP contribution in [0.3, 0.4) is 0 Å². The molecule has 1 fully saturated rings. The van der Waals surface area contributed by atoms with Gasteiger partial charge < -0.3 is 10.1 Å². The van der Waals surface area contributed by atoms with Crippen molar-refractivity contribution in [2.24, 2.45) is 0 Å². The lowest BCUT2D eigenvalue weighted by Gasteiger charge is -2.21. The third-order valence-electron chi connectivity index (χ3n) is 5.21. The highest BCUT2D eigenvalue weighted by Gasteiger charge is 2.24. The van der Waals surface area contributed by atoms with Gasteiger partial charge in [0.1, 0.15) is 5.75 Å². The van der Waals surface area contributed by atoms with Crippen LogP contribution in [0.25, 0.3) is 0 Å². The molecule has 168 valence electrons. The first kappa shape index (κ1) is 23.3. The average Bonchev–Trinajstić information content (AvgIpc) is 3.18. The normalized spacial score (nSPS) is 15.1. The standard InChI is InChI=1S/C24H32N2O4S/c1-17-13-14-20(31(28,29)26-24(2,3)4)15-21(17)23(27)25-16-18-9-5-8-12-22(18)30-19-10-6-7-11-19/h5,8-9,12-15,19,26H,6-7,10-11,16H2,1-4H3,(H,25,27). The van der Waals surface area contributed by atoms with E-state index in [1.54, 1.807) is 33.8 Å². The van der Waals surface area contributed by atoms with Crippen molar-refractivity contribution in [2.75, 3.05) is 0 Å². The Kier molecular flexibility index (Phi) is 7.06. The summed E-state index contributed by atoms with van der Waals surface area (Å²) in [7, 11) is -3.73. The molecular weight excluding hydrogens is 412 g/mol. The number of para-hydroxylation sites is 1. The minimum Gasteiger partial charge on any atom is -0.490 e. The fraction of sp³-hybridized carbons (Fsp3) is 0.458. The molecular formula is C24H32N2O4S. The molecule has 6 nitrogen and oxygen atoms in total. The van der Waals surface area contributed by atoms with Gasteiger partial charge in [-0.2, -0.15) is 0 Å². The monoisotopic (exact) mass is 444 g/mol. The molecule has 1 amide bonds. The van der Waals surface area contributed by atoms with E-state index < -0.39 is 15.6 Å². The van der Waals surface area contributed by atoms with Crippen molar-refractivity contribution >= 4 is 15.9 Å². The van der Waals surface area contributed by atoms with E-state index >= 15 is 0 Å². The summed E-state index contributed by atoms with van der Waals surface area (Å²) >= 11 is 0. The third-order valence-corrected chi connectivity index (χ3v) is 6.97. The number of carbonyl (C=O) groups excluding carboxylic acids is 1. The van der Waals surface area contributed by atoms with Crippen LogP contribution in [0, 0.1) is 6.92 Å². The molecule has 2 aromatic carbocycles. The Labute approximate surface area is 185 Å². The van der Waals surface area contributed by atoms with Crippen LogP contribution in [-0.4, -0.2) is 26.0 Å². The Morgan fingerprint density at radius 2 is 1.77 bits per heavy atom. The van der Waals surface area contributed by atoms with E-state index in [0.29, 0.717) is 17.7 Å². The largest absolute Gasteiger partial charge is 0.490 e. The Morgan fingerprint density at radius 1 is 1.10 bits per heavy atom. The fourth-order valence-corrected chi connectivity index (χ4v) is 5.14. The van der Waals surface area contributed by atoms with Gasteiger partial charge in [0.05, 0.1) is 11.0 Å². The molecule has 0 unspecified atom stereocenters. The molecule has 2 aromatic rings. The Hall–Kier alpha value is -2.38. The topological polar surface area (TPSA) is 84.5 Å². The molecule has 0 bridgehead atoms. The van der Waals surface area contributed by atoms with Gasteiger partial charge in [-0.05, 0) is 77.1 Å². The van der Waals surface area contributed by atoms with Crippen molar-refractivity contribution in [3.8, 4) is 5.75 Å². The zero-order chi connectivity index (χ0) is 22.6. The summed E-state index contributed by atoms with van der Waals surface area (Å²) in [6.45, 7) is 7.42. The van der Waals surface area contributed by atoms with Crippen LogP contribution in [0.15, 0.2) is 47.4 Å². The summed E-state index contributed by atoms with van der Waals surface area (Å²) in [5.41, 5.74) is 1.34. The maximum atomic E-state index is 12.9. The number of benzene rings is 2. The van der Waals surface area contributed by atoms with Crippen molar-refractivity contribution < 1.29 is 17.9 Å². The number of hydrogen-bond donors (Lipinski definition) is 2. The van der Waals surface area contributed by atoms with Gasteiger partial charge in [-0.25, -0.2) is 13.1 Å². The predicted molar refractivity (Wildman–Crippen MR) is 122 cm³/mol. The highest BCUT2D eigenvalue weighted by atomic mass is 32.2. The van der Waals surface area contributed by atoms with E-state index in [0.717, 1.165) is 24.2 Å². The molecule has 31 heavy (non-hydrogen) atoms. The summed E-state index contributed by atoms with van der Waals surface area (Å²) in [6, 6.07) is 12.3. The summed E-state index contributed by atoms with van der Waals surface area (Å²) in [5.74, 6) is 0.470. The second-order valence-corrected chi connectivity index (χ2v) is 10.8. The van der Waals surface area contributed by atoms with Gasteiger partial charge in [0.2, 0.25) is 10.0 Å². The van der Waals surface area contributed by atoms with Crippen LogP contribution in [-0.2, 0) is 16.6 Å². The highest BCUT2D eigenvalue weighted by molar-refractivity contribution is 7.89. The van der Waals surface area contributed by atoms with Crippen LogP contribution in [0.2, 0.25) is 0 Å². The second kappa shape index (κ2) is 9.40. The van der Waals surface area contributed by atoms with E-state index in [2.05, 4.69) is 10.0 Å². The van der Waals surface area contributed by atoms with Gasteiger partial charge in [-0.15, -0.1) is 0 Å². The number of ether oxygens (including phenoxy) is 1. The minimum absolute atomic E-state index is 0.0724. The number of sulfonamides is 1. The van der Waals surface area contributed by atoms with Gasteiger partial charge in [0.15, 0.2) is 0 Å². The summed E-state index contributed by atoms with van der Waals surface area (Å²) in [5, 5.41) is 2.91. The van der Waals surface area contributed by atoms with Crippen LogP contribution in [0.4, 0.5) is 0 Å². The molecule has 0 saturated heterocycles. The lowest BCUT2D eigenvalue weighted by atomic mass is 10.1. The van der Waals surface area contributed by atoms with E-state index in [1.165, 1.54) is 25.0 Å². The van der Waals surface area contributed by atoms with E-state index in [9.17, 15) is 13.2 Å². The number of hydrogen-bond acceptors (Lipinski definition) is 4. The first-order valence-corrected chi connectivity index (χ1v) is 12.2. The Bertz CT molecular complexity index is 1040. The quantitative estimate of drug-likeness (QED) is 0.666. The fourth-order valence-electron chi connectivity index (χ4n) is 3.70. The average molecular weight is 445 g/mol. The van der Waals surface area contributed by atoms with Crippen LogP contribution in [0.5, 0.6) is 5.75 Å². The molecule has 0 spiro atoms. The van der Waals surface area contributed by atoms with Crippen LogP contribution < -0.4 is 14.8 Å². The number of amides is 1. The van der Waals surface area contributed by atoms with Gasteiger partial charge >= 0.3 is 0 Å². The van der Waals surface area contributed by atoms with Gasteiger partial charge in [0, 0.05) is 23.2 Å². The van der Waals surface area contributed by atoms with Crippen molar-refractivity contribution in [2.45, 2.75) is 76.5 Å². The molecule has 0 heterocycles. The maximum absolute atomic E-state index is 12.9. The third kappa shape index (κ3) is 6.31. The number of nitrogens with one attached hydrogen (secondary N) is 2. The summed E-state index contributed by atoms with van der Waals surface area (Å²) in [4.78, 5) is 13.0. The first-order valence-electron chi connectivity index (χ1n) is 10.7. The summed E-state index contributed by atoms with van der Waals surface area (Å²) < 4.78 is 34.1. The molecule has 0 atom stereocenters. The number of carbonyl (C=O) groups is 1. The Balaban J connectivity index is 1.74. The first-order chi connectivity index (χ1) is 14.5. The lowest BCUT2D eigenvalue weighted by molar-refractivity contribution is 0.0949. The maximum Gasteiger partial charge on any atom is 0.251 e. The smallest absolute Gasteiger partial charge is 0.251 e. The number of aryl methyl sites for hydroxylation is 1. The summed E-state index contributed by atoms with van der Waals surface area (Å²) in [6.07, 6.45) is 4.72. The minimum atomic E-state index is -3.73. The van der Waals surface area contributed by atoms with Gasteiger partial charge in [0.25, 0.3) is 5.91 Å². The molecule has 1 aliphatic rings. The molecule has 1 saturated carbocycles. The zero-order valence-electron chi connectivity index (χ0n) is 18.7. The SMILES string of the molecule is Cc1ccc(S(=O)(=O)NC(C)(C)C)cc1C(=O)NCc1ccccc1OC1CCCC1. The van der Waals surface area contributed by atoms with Gasteiger partial charge in [-0.3, -0.25) is 4.79 Å². The van der Waals surface area contributed by atoms with Crippen molar-refractivity contribution in [1.82, 2.24) is 10.0 Å².